The van der Waals surface area contributed by atoms with Crippen molar-refractivity contribution >= 4 is 32.5 Å². The average molecular weight is 420 g/mol. The number of benzene rings is 3. The highest BCUT2D eigenvalue weighted by Crippen LogP contribution is 2.24. The lowest BCUT2D eigenvalue weighted by Gasteiger charge is -2.12. The van der Waals surface area contributed by atoms with Gasteiger partial charge in [0.25, 0.3) is 5.91 Å². The zero-order valence-electron chi connectivity index (χ0n) is 16.3. The molecule has 1 heterocycles. The predicted molar refractivity (Wildman–Crippen MR) is 118 cm³/mol. The van der Waals surface area contributed by atoms with Gasteiger partial charge in [0, 0.05) is 29.2 Å². The highest BCUT2D eigenvalue weighted by atomic mass is 32.2. The Hall–Kier alpha value is -3.42. The lowest BCUT2D eigenvalue weighted by molar-refractivity contribution is 0.102. The van der Waals surface area contributed by atoms with Crippen LogP contribution in [-0.2, 0) is 16.6 Å². The Morgan fingerprint density at radius 1 is 0.967 bits per heavy atom. The Kier molecular flexibility index (Phi) is 5.39. The molecule has 0 aliphatic carbocycles. The van der Waals surface area contributed by atoms with Gasteiger partial charge in [0.05, 0.1) is 10.6 Å². The summed E-state index contributed by atoms with van der Waals surface area (Å²) in [6.07, 6.45) is 1.80. The first-order valence-electron chi connectivity index (χ1n) is 9.46. The molecule has 0 saturated carbocycles. The molecule has 4 rings (SSSR count). The maximum absolute atomic E-state index is 12.9. The van der Waals surface area contributed by atoms with Crippen LogP contribution in [0.4, 0.5) is 5.69 Å². The topological polar surface area (TPSA) is 91.1 Å². The number of aryl methyl sites for hydroxylation is 1. The fourth-order valence-electron chi connectivity index (χ4n) is 3.25. The standard InChI is InChI=1S/C23H21N3O3S/c1-16-10-11-18(30(28,29)25-15-17-6-3-2-4-7-17)14-20(16)23(27)26-22-9-5-8-21-19(22)12-13-24-21/h2-14,24-25H,15H2,1H3,(H,26,27). The first kappa shape index (κ1) is 19.9. The molecular weight excluding hydrogens is 398 g/mol. The zero-order chi connectivity index (χ0) is 21.1. The van der Waals surface area contributed by atoms with Crippen LogP contribution in [0.1, 0.15) is 21.5 Å². The maximum Gasteiger partial charge on any atom is 0.255 e. The largest absolute Gasteiger partial charge is 0.361 e. The predicted octanol–water partition coefficient (Wildman–Crippen LogP) is 4.21. The number of anilines is 1. The van der Waals surface area contributed by atoms with Crippen LogP contribution in [0.15, 0.2) is 83.9 Å². The van der Waals surface area contributed by atoms with E-state index in [9.17, 15) is 13.2 Å². The minimum atomic E-state index is -3.76. The van der Waals surface area contributed by atoms with Gasteiger partial charge < -0.3 is 10.3 Å². The summed E-state index contributed by atoms with van der Waals surface area (Å²) in [5.41, 5.74) is 3.42. The molecule has 0 aliphatic rings. The van der Waals surface area contributed by atoms with E-state index in [4.69, 9.17) is 0 Å². The first-order valence-corrected chi connectivity index (χ1v) is 10.9. The molecule has 30 heavy (non-hydrogen) atoms. The van der Waals surface area contributed by atoms with Crippen molar-refractivity contribution in [3.8, 4) is 0 Å². The molecule has 0 saturated heterocycles. The van der Waals surface area contributed by atoms with Crippen LogP contribution in [0, 0.1) is 6.92 Å². The van der Waals surface area contributed by atoms with Crippen molar-refractivity contribution in [3.63, 3.8) is 0 Å². The van der Waals surface area contributed by atoms with E-state index in [-0.39, 0.29) is 17.3 Å². The van der Waals surface area contributed by atoms with Crippen LogP contribution in [0.2, 0.25) is 0 Å². The minimum absolute atomic E-state index is 0.0500. The second-order valence-electron chi connectivity index (χ2n) is 6.99. The molecule has 0 bridgehead atoms. The number of rotatable bonds is 6. The highest BCUT2D eigenvalue weighted by Gasteiger charge is 2.18. The van der Waals surface area contributed by atoms with E-state index in [0.717, 1.165) is 16.5 Å². The van der Waals surface area contributed by atoms with Crippen molar-refractivity contribution < 1.29 is 13.2 Å². The first-order chi connectivity index (χ1) is 14.4. The second-order valence-corrected chi connectivity index (χ2v) is 8.75. The van der Waals surface area contributed by atoms with Crippen molar-refractivity contribution in [1.82, 2.24) is 9.71 Å². The molecule has 1 aromatic heterocycles. The van der Waals surface area contributed by atoms with E-state index in [1.807, 2.05) is 54.6 Å². The minimum Gasteiger partial charge on any atom is -0.361 e. The molecule has 3 aromatic carbocycles. The Bertz CT molecular complexity index is 1310. The molecule has 6 nitrogen and oxygen atoms in total. The van der Waals surface area contributed by atoms with Gasteiger partial charge in [0.15, 0.2) is 0 Å². The Morgan fingerprint density at radius 2 is 1.77 bits per heavy atom. The van der Waals surface area contributed by atoms with E-state index in [0.29, 0.717) is 16.8 Å². The molecular formula is C23H21N3O3S. The van der Waals surface area contributed by atoms with Crippen LogP contribution in [0.5, 0.6) is 0 Å². The van der Waals surface area contributed by atoms with Crippen molar-refractivity contribution in [2.45, 2.75) is 18.4 Å². The SMILES string of the molecule is Cc1ccc(S(=O)(=O)NCc2ccccc2)cc1C(=O)Nc1cccc2[nH]ccc12. The molecule has 0 spiro atoms. The smallest absolute Gasteiger partial charge is 0.255 e. The molecule has 7 heteroatoms. The van der Waals surface area contributed by atoms with Crippen molar-refractivity contribution in [3.05, 3.63) is 95.7 Å². The molecule has 0 atom stereocenters. The zero-order valence-corrected chi connectivity index (χ0v) is 17.2. The van der Waals surface area contributed by atoms with Crippen molar-refractivity contribution in [1.29, 1.82) is 0 Å². The number of hydrogen-bond acceptors (Lipinski definition) is 3. The Morgan fingerprint density at radius 3 is 2.57 bits per heavy atom. The summed E-state index contributed by atoms with van der Waals surface area (Å²) in [7, 11) is -3.76. The van der Waals surface area contributed by atoms with E-state index in [1.165, 1.54) is 12.1 Å². The van der Waals surface area contributed by atoms with Gasteiger partial charge in [-0.15, -0.1) is 0 Å². The normalized spacial score (nSPS) is 11.5. The number of H-pyrrole nitrogens is 1. The summed E-state index contributed by atoms with van der Waals surface area (Å²) < 4.78 is 28.1. The van der Waals surface area contributed by atoms with Gasteiger partial charge in [0.1, 0.15) is 0 Å². The number of nitrogens with one attached hydrogen (secondary N) is 3. The van der Waals surface area contributed by atoms with Gasteiger partial charge in [-0.05, 0) is 48.4 Å². The Labute approximate surface area is 175 Å². The van der Waals surface area contributed by atoms with Gasteiger partial charge in [-0.1, -0.05) is 42.5 Å². The number of amides is 1. The van der Waals surface area contributed by atoms with Gasteiger partial charge in [-0.25, -0.2) is 13.1 Å². The quantitative estimate of drug-likeness (QED) is 0.437. The molecule has 4 aromatic rings. The number of sulfonamides is 1. The molecule has 152 valence electrons. The molecule has 1 amide bonds. The maximum atomic E-state index is 12.9. The fourth-order valence-corrected chi connectivity index (χ4v) is 4.30. The molecule has 0 radical (unpaired) electrons. The van der Waals surface area contributed by atoms with Crippen LogP contribution in [0.3, 0.4) is 0 Å². The number of hydrogen-bond donors (Lipinski definition) is 3. The summed E-state index contributed by atoms with van der Waals surface area (Å²) in [6, 6.07) is 21.3. The van der Waals surface area contributed by atoms with E-state index >= 15 is 0 Å². The molecule has 0 unspecified atom stereocenters. The third-order valence-corrected chi connectivity index (χ3v) is 6.32. The summed E-state index contributed by atoms with van der Waals surface area (Å²) in [5, 5.41) is 3.78. The Balaban J connectivity index is 1.58. The van der Waals surface area contributed by atoms with Crippen LogP contribution >= 0.6 is 0 Å². The van der Waals surface area contributed by atoms with Gasteiger partial charge >= 0.3 is 0 Å². The van der Waals surface area contributed by atoms with Crippen molar-refractivity contribution in [2.24, 2.45) is 0 Å². The third kappa shape index (κ3) is 4.12. The monoisotopic (exact) mass is 419 g/mol. The van der Waals surface area contributed by atoms with E-state index in [2.05, 4.69) is 15.0 Å². The van der Waals surface area contributed by atoms with Gasteiger partial charge in [-0.3, -0.25) is 4.79 Å². The lowest BCUT2D eigenvalue weighted by Crippen LogP contribution is -2.24. The number of carbonyl (C=O) groups excluding carboxylic acids is 1. The fraction of sp³-hybridized carbons (Fsp3) is 0.0870. The van der Waals surface area contributed by atoms with Gasteiger partial charge in [-0.2, -0.15) is 0 Å². The lowest BCUT2D eigenvalue weighted by atomic mass is 10.1. The number of carbonyl (C=O) groups is 1. The average Bonchev–Trinajstić information content (AvgIpc) is 3.23. The van der Waals surface area contributed by atoms with Crippen LogP contribution < -0.4 is 10.0 Å². The molecule has 3 N–H and O–H groups in total. The van der Waals surface area contributed by atoms with Crippen LogP contribution in [0.25, 0.3) is 10.9 Å². The van der Waals surface area contributed by atoms with Gasteiger partial charge in [0.2, 0.25) is 10.0 Å². The van der Waals surface area contributed by atoms with Crippen molar-refractivity contribution in [2.75, 3.05) is 5.32 Å². The van der Waals surface area contributed by atoms with Crippen LogP contribution in [-0.4, -0.2) is 19.3 Å². The van der Waals surface area contributed by atoms with E-state index in [1.54, 1.807) is 19.2 Å². The summed E-state index contributed by atoms with van der Waals surface area (Å²) in [5.74, 6) is -0.360. The molecule has 0 aliphatic heterocycles. The highest BCUT2D eigenvalue weighted by molar-refractivity contribution is 7.89. The molecule has 0 fully saturated rings. The number of aromatic amines is 1. The second kappa shape index (κ2) is 8.14. The summed E-state index contributed by atoms with van der Waals surface area (Å²) >= 11 is 0. The summed E-state index contributed by atoms with van der Waals surface area (Å²) in [4.78, 5) is 16.1. The number of aromatic nitrogens is 1. The third-order valence-electron chi connectivity index (χ3n) is 4.92. The summed E-state index contributed by atoms with van der Waals surface area (Å²) in [6.45, 7) is 1.95. The van der Waals surface area contributed by atoms with E-state index < -0.39 is 10.0 Å². The number of fused-ring (bicyclic) bond motifs is 1.